The summed E-state index contributed by atoms with van der Waals surface area (Å²) in [5, 5.41) is 0. The number of nitrogens with two attached hydrogens (primary N) is 1. The standard InChI is InChI=1S/C12H18N2O4S/c1-3-18-12(15)6-7-14-19(16,17)11-5-4-10(13)8-9(11)2/h4-5,8,14H,3,6-7,13H2,1-2H3. The van der Waals surface area contributed by atoms with Crippen LogP contribution in [0.15, 0.2) is 23.1 Å². The Morgan fingerprint density at radius 2 is 2.11 bits per heavy atom. The van der Waals surface area contributed by atoms with E-state index in [-0.39, 0.29) is 24.5 Å². The molecule has 1 aromatic carbocycles. The van der Waals surface area contributed by atoms with Crippen LogP contribution >= 0.6 is 0 Å². The van der Waals surface area contributed by atoms with E-state index in [9.17, 15) is 13.2 Å². The lowest BCUT2D eigenvalue weighted by molar-refractivity contribution is -0.142. The fraction of sp³-hybridized carbons (Fsp3) is 0.417. The number of carbonyl (C=O) groups excluding carboxylic acids is 1. The molecule has 0 aliphatic rings. The maximum Gasteiger partial charge on any atom is 0.307 e. The molecule has 0 unspecified atom stereocenters. The molecule has 3 N–H and O–H groups in total. The predicted molar refractivity (Wildman–Crippen MR) is 72.0 cm³/mol. The van der Waals surface area contributed by atoms with Gasteiger partial charge >= 0.3 is 5.97 Å². The number of benzene rings is 1. The maximum absolute atomic E-state index is 12.0. The van der Waals surface area contributed by atoms with Crippen LogP contribution in [-0.2, 0) is 19.6 Å². The molecule has 0 saturated carbocycles. The van der Waals surface area contributed by atoms with Gasteiger partial charge in [0.1, 0.15) is 0 Å². The number of ether oxygens (including phenoxy) is 1. The monoisotopic (exact) mass is 286 g/mol. The third kappa shape index (κ3) is 4.53. The van der Waals surface area contributed by atoms with Gasteiger partial charge in [-0.25, -0.2) is 13.1 Å². The normalized spacial score (nSPS) is 11.3. The number of aryl methyl sites for hydroxylation is 1. The van der Waals surface area contributed by atoms with Gasteiger partial charge < -0.3 is 10.5 Å². The van der Waals surface area contributed by atoms with Crippen LogP contribution in [0.2, 0.25) is 0 Å². The summed E-state index contributed by atoms with van der Waals surface area (Å²) in [6.45, 7) is 3.64. The molecule has 0 aliphatic heterocycles. The number of hydrogen-bond donors (Lipinski definition) is 2. The molecule has 0 atom stereocenters. The Balaban J connectivity index is 2.68. The third-order valence-electron chi connectivity index (χ3n) is 2.42. The van der Waals surface area contributed by atoms with E-state index >= 15 is 0 Å². The summed E-state index contributed by atoms with van der Waals surface area (Å²) in [7, 11) is -3.63. The van der Waals surface area contributed by atoms with Crippen molar-refractivity contribution in [2.24, 2.45) is 0 Å². The maximum atomic E-state index is 12.0. The fourth-order valence-electron chi connectivity index (χ4n) is 1.57. The molecule has 0 fully saturated rings. The van der Waals surface area contributed by atoms with Crippen molar-refractivity contribution in [3.8, 4) is 0 Å². The van der Waals surface area contributed by atoms with Crippen LogP contribution < -0.4 is 10.5 Å². The number of sulfonamides is 1. The van der Waals surface area contributed by atoms with Gasteiger partial charge in [0.25, 0.3) is 0 Å². The lowest BCUT2D eigenvalue weighted by Gasteiger charge is -2.09. The number of rotatable bonds is 6. The Kier molecular flexibility index (Phi) is 5.31. The van der Waals surface area contributed by atoms with E-state index < -0.39 is 16.0 Å². The Hall–Kier alpha value is -1.60. The minimum Gasteiger partial charge on any atom is -0.466 e. The summed E-state index contributed by atoms with van der Waals surface area (Å²) < 4.78 is 31.1. The van der Waals surface area contributed by atoms with E-state index in [4.69, 9.17) is 10.5 Å². The van der Waals surface area contributed by atoms with Crippen molar-refractivity contribution in [3.05, 3.63) is 23.8 Å². The van der Waals surface area contributed by atoms with E-state index in [1.54, 1.807) is 19.9 Å². The van der Waals surface area contributed by atoms with E-state index in [0.29, 0.717) is 11.3 Å². The summed E-state index contributed by atoms with van der Waals surface area (Å²) in [6.07, 6.45) is 0.00108. The molecule has 1 aromatic rings. The lowest BCUT2D eigenvalue weighted by Crippen LogP contribution is -2.27. The minimum absolute atomic E-state index is 0.00108. The highest BCUT2D eigenvalue weighted by Crippen LogP contribution is 2.17. The minimum atomic E-state index is -3.63. The van der Waals surface area contributed by atoms with Crippen molar-refractivity contribution in [2.45, 2.75) is 25.2 Å². The molecule has 1 rings (SSSR count). The van der Waals surface area contributed by atoms with Crippen molar-refractivity contribution < 1.29 is 17.9 Å². The van der Waals surface area contributed by atoms with Crippen molar-refractivity contribution in [2.75, 3.05) is 18.9 Å². The summed E-state index contributed by atoms with van der Waals surface area (Å²) in [5.74, 6) is -0.431. The quantitative estimate of drug-likeness (QED) is 0.595. The summed E-state index contributed by atoms with van der Waals surface area (Å²) in [6, 6.07) is 4.55. The van der Waals surface area contributed by atoms with Gasteiger partial charge in [0, 0.05) is 12.2 Å². The van der Waals surface area contributed by atoms with Crippen molar-refractivity contribution in [1.29, 1.82) is 0 Å². The zero-order valence-corrected chi connectivity index (χ0v) is 11.8. The average Bonchev–Trinajstić information content (AvgIpc) is 2.28. The molecular weight excluding hydrogens is 268 g/mol. The van der Waals surface area contributed by atoms with Crippen LogP contribution in [0.25, 0.3) is 0 Å². The van der Waals surface area contributed by atoms with Gasteiger partial charge in [-0.15, -0.1) is 0 Å². The zero-order chi connectivity index (χ0) is 14.5. The predicted octanol–water partition coefficient (Wildman–Crippen LogP) is 0.809. The van der Waals surface area contributed by atoms with Crippen LogP contribution in [-0.4, -0.2) is 27.5 Å². The highest BCUT2D eigenvalue weighted by atomic mass is 32.2. The topological polar surface area (TPSA) is 98.5 Å². The number of anilines is 1. The first-order valence-electron chi connectivity index (χ1n) is 5.88. The number of hydrogen-bond acceptors (Lipinski definition) is 5. The molecule has 0 aromatic heterocycles. The summed E-state index contributed by atoms with van der Waals surface area (Å²) >= 11 is 0. The molecule has 7 heteroatoms. The second-order valence-corrected chi connectivity index (χ2v) is 5.71. The molecule has 106 valence electrons. The van der Waals surface area contributed by atoms with Gasteiger partial charge in [-0.1, -0.05) is 0 Å². The number of carbonyl (C=O) groups is 1. The van der Waals surface area contributed by atoms with Gasteiger partial charge in [0.15, 0.2) is 0 Å². The van der Waals surface area contributed by atoms with Gasteiger partial charge in [-0.3, -0.25) is 4.79 Å². The Labute approximate surface area is 113 Å². The van der Waals surface area contributed by atoms with Crippen LogP contribution in [0, 0.1) is 6.92 Å². The molecule has 0 spiro atoms. The average molecular weight is 286 g/mol. The first-order valence-corrected chi connectivity index (χ1v) is 7.36. The van der Waals surface area contributed by atoms with Crippen LogP contribution in [0.3, 0.4) is 0 Å². The van der Waals surface area contributed by atoms with Crippen LogP contribution in [0.1, 0.15) is 18.9 Å². The molecule has 6 nitrogen and oxygen atoms in total. The lowest BCUT2D eigenvalue weighted by atomic mass is 10.2. The molecule has 0 radical (unpaired) electrons. The van der Waals surface area contributed by atoms with E-state index in [2.05, 4.69) is 4.72 Å². The second kappa shape index (κ2) is 6.53. The largest absolute Gasteiger partial charge is 0.466 e. The van der Waals surface area contributed by atoms with Crippen molar-refractivity contribution in [1.82, 2.24) is 4.72 Å². The Morgan fingerprint density at radius 1 is 1.42 bits per heavy atom. The highest BCUT2D eigenvalue weighted by molar-refractivity contribution is 7.89. The number of nitrogens with one attached hydrogen (secondary N) is 1. The fourth-order valence-corrected chi connectivity index (χ4v) is 2.83. The van der Waals surface area contributed by atoms with E-state index in [1.807, 2.05) is 0 Å². The molecule has 0 saturated heterocycles. The summed E-state index contributed by atoms with van der Waals surface area (Å²) in [4.78, 5) is 11.3. The highest BCUT2D eigenvalue weighted by Gasteiger charge is 2.16. The van der Waals surface area contributed by atoms with E-state index in [1.165, 1.54) is 12.1 Å². The Morgan fingerprint density at radius 3 is 2.68 bits per heavy atom. The molecular formula is C12H18N2O4S. The zero-order valence-electron chi connectivity index (χ0n) is 11.0. The molecule has 0 bridgehead atoms. The summed E-state index contributed by atoms with van der Waals surface area (Å²) in [5.41, 5.74) is 6.63. The molecule has 0 amide bonds. The van der Waals surface area contributed by atoms with Crippen molar-refractivity contribution in [3.63, 3.8) is 0 Å². The smallest absolute Gasteiger partial charge is 0.307 e. The van der Waals surface area contributed by atoms with Gasteiger partial charge in [0.05, 0.1) is 17.9 Å². The first kappa shape index (κ1) is 15.5. The van der Waals surface area contributed by atoms with Crippen LogP contribution in [0.5, 0.6) is 0 Å². The van der Waals surface area contributed by atoms with E-state index in [0.717, 1.165) is 0 Å². The van der Waals surface area contributed by atoms with Crippen LogP contribution in [0.4, 0.5) is 5.69 Å². The number of nitrogen functional groups attached to an aromatic ring is 1. The van der Waals surface area contributed by atoms with Gasteiger partial charge in [-0.05, 0) is 37.6 Å². The Bertz CT molecular complexity index is 555. The first-order chi connectivity index (χ1) is 8.86. The van der Waals surface area contributed by atoms with Gasteiger partial charge in [-0.2, -0.15) is 0 Å². The molecule has 0 aliphatic carbocycles. The SMILES string of the molecule is CCOC(=O)CCNS(=O)(=O)c1ccc(N)cc1C. The van der Waals surface area contributed by atoms with Gasteiger partial charge in [0.2, 0.25) is 10.0 Å². The molecule has 19 heavy (non-hydrogen) atoms. The third-order valence-corrected chi connectivity index (χ3v) is 4.04. The molecule has 0 heterocycles. The van der Waals surface area contributed by atoms with Crippen molar-refractivity contribution >= 4 is 21.7 Å². The second-order valence-electron chi connectivity index (χ2n) is 3.98. The number of esters is 1.